The summed E-state index contributed by atoms with van der Waals surface area (Å²) in [4.78, 5) is -0.0168. The van der Waals surface area contributed by atoms with Gasteiger partial charge in [0, 0.05) is 6.61 Å². The minimum absolute atomic E-state index is 0.0168. The summed E-state index contributed by atoms with van der Waals surface area (Å²) >= 11 is 0. The van der Waals surface area contributed by atoms with Crippen molar-refractivity contribution in [3.8, 4) is 6.07 Å². The van der Waals surface area contributed by atoms with Gasteiger partial charge in [0.25, 0.3) is 0 Å². The molecule has 108 valence electrons. The monoisotopic (exact) mass is 295 g/mol. The largest absolute Gasteiger partial charge is 0.398 e. The summed E-state index contributed by atoms with van der Waals surface area (Å²) in [7, 11) is -3.76. The molecule has 3 N–H and O–H groups in total. The van der Waals surface area contributed by atoms with Crippen molar-refractivity contribution in [1.82, 2.24) is 4.72 Å². The fraction of sp³-hybridized carbons (Fsp3) is 0.462. The molecule has 0 spiro atoms. The Hall–Kier alpha value is -1.62. The summed E-state index contributed by atoms with van der Waals surface area (Å²) in [6.07, 6.45) is 0.390. The highest BCUT2D eigenvalue weighted by atomic mass is 32.2. The average Bonchev–Trinajstić information content (AvgIpc) is 2.67. The molecule has 1 aromatic carbocycles. The van der Waals surface area contributed by atoms with Crippen LogP contribution in [0.5, 0.6) is 0 Å². The van der Waals surface area contributed by atoms with Gasteiger partial charge in [-0.05, 0) is 38.5 Å². The van der Waals surface area contributed by atoms with Crippen LogP contribution in [0, 0.1) is 11.3 Å². The van der Waals surface area contributed by atoms with E-state index in [4.69, 9.17) is 15.7 Å². The first kappa shape index (κ1) is 14.8. The molecular formula is C13H17N3O3S. The van der Waals surface area contributed by atoms with Gasteiger partial charge in [-0.1, -0.05) is 0 Å². The van der Waals surface area contributed by atoms with Crippen molar-refractivity contribution in [2.45, 2.75) is 36.8 Å². The second-order valence-corrected chi connectivity index (χ2v) is 6.80. The van der Waals surface area contributed by atoms with Gasteiger partial charge in [-0.2, -0.15) is 5.26 Å². The summed E-state index contributed by atoms with van der Waals surface area (Å²) < 4.78 is 32.9. The number of hydrogen-bond acceptors (Lipinski definition) is 5. The molecule has 6 nitrogen and oxygen atoms in total. The number of ether oxygens (including phenoxy) is 1. The lowest BCUT2D eigenvalue weighted by Gasteiger charge is -2.28. The van der Waals surface area contributed by atoms with Crippen LogP contribution >= 0.6 is 0 Å². The van der Waals surface area contributed by atoms with E-state index in [1.165, 1.54) is 18.2 Å². The molecule has 0 aliphatic carbocycles. The van der Waals surface area contributed by atoms with Gasteiger partial charge in [0.2, 0.25) is 10.0 Å². The third kappa shape index (κ3) is 2.63. The van der Waals surface area contributed by atoms with E-state index in [0.29, 0.717) is 18.6 Å². The maximum Gasteiger partial charge on any atom is 0.243 e. The van der Waals surface area contributed by atoms with Gasteiger partial charge in [-0.15, -0.1) is 0 Å². The molecule has 2 rings (SSSR count). The molecule has 0 aromatic heterocycles. The molecule has 20 heavy (non-hydrogen) atoms. The lowest BCUT2D eigenvalue weighted by atomic mass is 9.97. The van der Waals surface area contributed by atoms with Crippen molar-refractivity contribution < 1.29 is 13.2 Å². The number of benzene rings is 1. The Labute approximate surface area is 118 Å². The SMILES string of the molecule is CC1OCCC1(C)NS(=O)(=O)c1ccc(C#N)cc1N. The van der Waals surface area contributed by atoms with Crippen LogP contribution in [0.1, 0.15) is 25.8 Å². The zero-order valence-corrected chi connectivity index (χ0v) is 12.2. The summed E-state index contributed by atoms with van der Waals surface area (Å²) in [5, 5.41) is 8.77. The van der Waals surface area contributed by atoms with E-state index >= 15 is 0 Å². The number of nitrogens with zero attached hydrogens (tertiary/aromatic N) is 1. The van der Waals surface area contributed by atoms with Gasteiger partial charge in [-0.25, -0.2) is 13.1 Å². The molecule has 7 heteroatoms. The number of hydrogen-bond donors (Lipinski definition) is 2. The number of sulfonamides is 1. The van der Waals surface area contributed by atoms with E-state index in [1.54, 1.807) is 0 Å². The second kappa shape index (κ2) is 5.05. The maximum absolute atomic E-state index is 12.4. The molecule has 2 unspecified atom stereocenters. The van der Waals surface area contributed by atoms with Crippen molar-refractivity contribution in [3.63, 3.8) is 0 Å². The molecular weight excluding hydrogens is 278 g/mol. The van der Waals surface area contributed by atoms with Gasteiger partial charge in [0.05, 0.1) is 29.0 Å². The Morgan fingerprint density at radius 1 is 1.55 bits per heavy atom. The second-order valence-electron chi connectivity index (χ2n) is 5.15. The zero-order valence-electron chi connectivity index (χ0n) is 11.4. The summed E-state index contributed by atoms with van der Waals surface area (Å²) in [5.41, 5.74) is 5.47. The van der Waals surface area contributed by atoms with E-state index in [9.17, 15) is 8.42 Å². The molecule has 1 heterocycles. The summed E-state index contributed by atoms with van der Waals surface area (Å²) in [6, 6.07) is 6.05. The Kier molecular flexibility index (Phi) is 3.73. The smallest absolute Gasteiger partial charge is 0.243 e. The number of nitrogens with two attached hydrogens (primary N) is 1. The van der Waals surface area contributed by atoms with Crippen LogP contribution < -0.4 is 10.5 Å². The molecule has 0 amide bonds. The highest BCUT2D eigenvalue weighted by Gasteiger charge is 2.40. The third-order valence-electron chi connectivity index (χ3n) is 3.68. The van der Waals surface area contributed by atoms with Crippen LogP contribution in [0.3, 0.4) is 0 Å². The molecule has 0 radical (unpaired) electrons. The van der Waals surface area contributed by atoms with Crippen LogP contribution in [0.2, 0.25) is 0 Å². The van der Waals surface area contributed by atoms with E-state index < -0.39 is 15.6 Å². The normalized spacial score (nSPS) is 26.4. The number of anilines is 1. The fourth-order valence-electron chi connectivity index (χ4n) is 2.19. The van der Waals surface area contributed by atoms with Gasteiger partial charge >= 0.3 is 0 Å². The van der Waals surface area contributed by atoms with E-state index in [1.807, 2.05) is 19.9 Å². The first-order valence-corrected chi connectivity index (χ1v) is 7.72. The van der Waals surface area contributed by atoms with Crippen molar-refractivity contribution >= 4 is 15.7 Å². The minimum Gasteiger partial charge on any atom is -0.398 e. The van der Waals surface area contributed by atoms with Gasteiger partial charge < -0.3 is 10.5 Å². The summed E-state index contributed by atoms with van der Waals surface area (Å²) in [6.45, 7) is 4.16. The van der Waals surface area contributed by atoms with Crippen LogP contribution in [0.4, 0.5) is 5.69 Å². The van der Waals surface area contributed by atoms with Gasteiger partial charge in [-0.3, -0.25) is 0 Å². The highest BCUT2D eigenvalue weighted by Crippen LogP contribution is 2.28. The Bertz CT molecular complexity index is 666. The minimum atomic E-state index is -3.76. The van der Waals surface area contributed by atoms with Crippen LogP contribution in [-0.4, -0.2) is 26.7 Å². The Balaban J connectivity index is 2.34. The third-order valence-corrected chi connectivity index (χ3v) is 5.37. The van der Waals surface area contributed by atoms with Gasteiger partial charge in [0.1, 0.15) is 4.90 Å². The van der Waals surface area contributed by atoms with Crippen LogP contribution in [-0.2, 0) is 14.8 Å². The quantitative estimate of drug-likeness (QED) is 0.809. The van der Waals surface area contributed by atoms with Crippen molar-refractivity contribution in [1.29, 1.82) is 5.26 Å². The lowest BCUT2D eigenvalue weighted by molar-refractivity contribution is 0.0957. The molecule has 1 aliphatic heterocycles. The summed E-state index contributed by atoms with van der Waals surface area (Å²) in [5.74, 6) is 0. The first-order valence-electron chi connectivity index (χ1n) is 6.24. The molecule has 0 saturated carbocycles. The predicted octanol–water partition coefficient (Wildman–Crippen LogP) is 0.986. The number of nitrogen functional groups attached to an aromatic ring is 1. The Morgan fingerprint density at radius 3 is 2.75 bits per heavy atom. The molecule has 1 aliphatic rings. The topological polar surface area (TPSA) is 105 Å². The van der Waals surface area contributed by atoms with Gasteiger partial charge in [0.15, 0.2) is 0 Å². The predicted molar refractivity (Wildman–Crippen MR) is 74.3 cm³/mol. The number of nitrogens with one attached hydrogen (secondary N) is 1. The van der Waals surface area contributed by atoms with Crippen LogP contribution in [0.25, 0.3) is 0 Å². The van der Waals surface area contributed by atoms with Crippen molar-refractivity contribution in [2.24, 2.45) is 0 Å². The molecule has 1 aromatic rings. The van der Waals surface area contributed by atoms with Crippen molar-refractivity contribution in [3.05, 3.63) is 23.8 Å². The average molecular weight is 295 g/mol. The standard InChI is InChI=1S/C13H17N3O3S/c1-9-13(2,5-6-19-9)16-20(17,18)12-4-3-10(8-14)7-11(12)15/h3-4,7,9,16H,5-6,15H2,1-2H3. The lowest BCUT2D eigenvalue weighted by Crippen LogP contribution is -2.50. The van der Waals surface area contributed by atoms with E-state index in [0.717, 1.165) is 0 Å². The number of nitriles is 1. The molecule has 1 fully saturated rings. The maximum atomic E-state index is 12.4. The molecule has 2 atom stereocenters. The van der Waals surface area contributed by atoms with Crippen molar-refractivity contribution in [2.75, 3.05) is 12.3 Å². The molecule has 1 saturated heterocycles. The van der Waals surface area contributed by atoms with Crippen LogP contribution in [0.15, 0.2) is 23.1 Å². The number of rotatable bonds is 3. The molecule has 0 bridgehead atoms. The fourth-order valence-corrected chi connectivity index (χ4v) is 3.80. The first-order chi connectivity index (χ1) is 9.28. The highest BCUT2D eigenvalue weighted by molar-refractivity contribution is 7.89. The Morgan fingerprint density at radius 2 is 2.25 bits per heavy atom. The van der Waals surface area contributed by atoms with E-state index in [2.05, 4.69) is 4.72 Å². The zero-order chi connectivity index (χ0) is 15.0. The van der Waals surface area contributed by atoms with E-state index in [-0.39, 0.29) is 16.7 Å².